The molecule has 1 aromatic rings. The average Bonchev–Trinajstić information content (AvgIpc) is 2.58. The monoisotopic (exact) mass is 218 g/mol. The van der Waals surface area contributed by atoms with Crippen LogP contribution in [0, 0.1) is 0 Å². The standard InChI is InChI=1S/C9H9F3N2O/c1-13-6-4-15-8-5(6)2-3-7(14-8)9(10,11)12/h2-3,6,13H,4H2,1H3/t6-/m1/s1. The number of fused-ring (bicyclic) bond motifs is 1. The van der Waals surface area contributed by atoms with Crippen molar-refractivity contribution in [1.29, 1.82) is 0 Å². The molecule has 6 heteroatoms. The maximum absolute atomic E-state index is 12.3. The fraction of sp³-hybridized carbons (Fsp3) is 0.444. The Morgan fingerprint density at radius 1 is 1.47 bits per heavy atom. The number of halogens is 3. The van der Waals surface area contributed by atoms with Crippen molar-refractivity contribution in [2.75, 3.05) is 13.7 Å². The zero-order valence-corrected chi connectivity index (χ0v) is 7.93. The van der Waals surface area contributed by atoms with Crippen molar-refractivity contribution in [2.45, 2.75) is 12.2 Å². The molecule has 15 heavy (non-hydrogen) atoms. The molecular weight excluding hydrogens is 209 g/mol. The third-order valence-corrected chi connectivity index (χ3v) is 2.29. The Kier molecular flexibility index (Phi) is 2.30. The average molecular weight is 218 g/mol. The number of alkyl halides is 3. The highest BCUT2D eigenvalue weighted by molar-refractivity contribution is 5.35. The summed E-state index contributed by atoms with van der Waals surface area (Å²) >= 11 is 0. The second kappa shape index (κ2) is 3.37. The van der Waals surface area contributed by atoms with Crippen molar-refractivity contribution >= 4 is 0 Å². The van der Waals surface area contributed by atoms with Gasteiger partial charge in [0, 0.05) is 5.56 Å². The summed E-state index contributed by atoms with van der Waals surface area (Å²) in [6.07, 6.45) is -4.42. The molecule has 1 aromatic heterocycles. The molecule has 0 aliphatic carbocycles. The lowest BCUT2D eigenvalue weighted by molar-refractivity contribution is -0.141. The first-order chi connectivity index (χ1) is 7.02. The number of nitrogens with zero attached hydrogens (tertiary/aromatic N) is 1. The molecule has 2 heterocycles. The fourth-order valence-corrected chi connectivity index (χ4v) is 1.48. The Hall–Kier alpha value is -1.30. The zero-order valence-electron chi connectivity index (χ0n) is 7.93. The third kappa shape index (κ3) is 1.77. The van der Waals surface area contributed by atoms with E-state index >= 15 is 0 Å². The lowest BCUT2D eigenvalue weighted by Gasteiger charge is -2.08. The summed E-state index contributed by atoms with van der Waals surface area (Å²) in [6, 6.07) is 2.30. The summed E-state index contributed by atoms with van der Waals surface area (Å²) in [5, 5.41) is 2.93. The van der Waals surface area contributed by atoms with Gasteiger partial charge in [0.25, 0.3) is 0 Å². The van der Waals surface area contributed by atoms with Crippen LogP contribution in [0.2, 0.25) is 0 Å². The van der Waals surface area contributed by atoms with Gasteiger partial charge in [-0.1, -0.05) is 0 Å². The van der Waals surface area contributed by atoms with E-state index in [4.69, 9.17) is 4.74 Å². The fourth-order valence-electron chi connectivity index (χ4n) is 1.48. The van der Waals surface area contributed by atoms with Crippen molar-refractivity contribution in [1.82, 2.24) is 10.3 Å². The Labute approximate surface area is 84.3 Å². The highest BCUT2D eigenvalue weighted by Gasteiger charge is 2.35. The topological polar surface area (TPSA) is 34.1 Å². The van der Waals surface area contributed by atoms with E-state index in [-0.39, 0.29) is 11.9 Å². The molecule has 0 fully saturated rings. The smallest absolute Gasteiger partial charge is 0.433 e. The summed E-state index contributed by atoms with van der Waals surface area (Å²) in [4.78, 5) is 3.44. The molecule has 0 spiro atoms. The predicted octanol–water partition coefficient (Wildman–Crippen LogP) is 1.75. The number of nitrogens with one attached hydrogen (secondary N) is 1. The summed E-state index contributed by atoms with van der Waals surface area (Å²) < 4.78 is 42.0. The first-order valence-corrected chi connectivity index (χ1v) is 4.40. The molecule has 0 saturated heterocycles. The molecule has 1 aliphatic rings. The van der Waals surface area contributed by atoms with Gasteiger partial charge in [-0.25, -0.2) is 4.98 Å². The summed E-state index contributed by atoms with van der Waals surface area (Å²) in [5.41, 5.74) is -0.247. The summed E-state index contributed by atoms with van der Waals surface area (Å²) in [7, 11) is 1.72. The van der Waals surface area contributed by atoms with E-state index < -0.39 is 11.9 Å². The molecular formula is C9H9F3N2O. The van der Waals surface area contributed by atoms with Gasteiger partial charge in [0.05, 0.1) is 6.04 Å². The Morgan fingerprint density at radius 2 is 2.20 bits per heavy atom. The van der Waals surface area contributed by atoms with Gasteiger partial charge < -0.3 is 10.1 Å². The Balaban J connectivity index is 2.37. The number of likely N-dealkylation sites (N-methyl/N-ethyl adjacent to an activating group) is 1. The number of ether oxygens (including phenoxy) is 1. The van der Waals surface area contributed by atoms with Gasteiger partial charge in [-0.2, -0.15) is 13.2 Å². The van der Waals surface area contributed by atoms with Crippen LogP contribution in [0.1, 0.15) is 17.3 Å². The van der Waals surface area contributed by atoms with E-state index in [0.717, 1.165) is 6.07 Å². The SMILES string of the molecule is CN[C@@H]1COc2nc(C(F)(F)F)ccc21. The molecule has 1 aliphatic heterocycles. The lowest BCUT2D eigenvalue weighted by atomic mass is 10.1. The van der Waals surface area contributed by atoms with Crippen LogP contribution >= 0.6 is 0 Å². The molecule has 0 radical (unpaired) electrons. The molecule has 3 nitrogen and oxygen atoms in total. The molecule has 82 valence electrons. The second-order valence-electron chi connectivity index (χ2n) is 3.24. The molecule has 1 atom stereocenters. The zero-order chi connectivity index (χ0) is 11.1. The summed E-state index contributed by atoms with van der Waals surface area (Å²) in [5.74, 6) is 0.0733. The van der Waals surface area contributed by atoms with Crippen LogP contribution in [0.5, 0.6) is 5.88 Å². The molecule has 0 aromatic carbocycles. The van der Waals surface area contributed by atoms with Crippen LogP contribution < -0.4 is 10.1 Å². The van der Waals surface area contributed by atoms with Crippen molar-refractivity contribution < 1.29 is 17.9 Å². The number of hydrogen-bond acceptors (Lipinski definition) is 3. The van der Waals surface area contributed by atoms with Gasteiger partial charge in [-0.15, -0.1) is 0 Å². The lowest BCUT2D eigenvalue weighted by Crippen LogP contribution is -2.17. The maximum atomic E-state index is 12.3. The van der Waals surface area contributed by atoms with Gasteiger partial charge in [0.1, 0.15) is 12.3 Å². The highest BCUT2D eigenvalue weighted by atomic mass is 19.4. The Morgan fingerprint density at radius 3 is 2.80 bits per heavy atom. The van der Waals surface area contributed by atoms with Crippen molar-refractivity contribution in [3.63, 3.8) is 0 Å². The molecule has 0 bridgehead atoms. The minimum atomic E-state index is -4.42. The van der Waals surface area contributed by atoms with Crippen LogP contribution in [0.25, 0.3) is 0 Å². The van der Waals surface area contributed by atoms with Crippen molar-refractivity contribution in [2.24, 2.45) is 0 Å². The largest absolute Gasteiger partial charge is 0.475 e. The van der Waals surface area contributed by atoms with Gasteiger partial charge in [-0.05, 0) is 19.2 Å². The molecule has 0 amide bonds. The number of rotatable bonds is 1. The summed E-state index contributed by atoms with van der Waals surface area (Å²) in [6.45, 7) is 0.320. The number of pyridine rings is 1. The van der Waals surface area contributed by atoms with E-state index in [1.54, 1.807) is 7.05 Å². The number of hydrogen-bond donors (Lipinski definition) is 1. The van der Waals surface area contributed by atoms with Crippen LogP contribution in [-0.4, -0.2) is 18.6 Å². The van der Waals surface area contributed by atoms with Gasteiger partial charge in [0.15, 0.2) is 0 Å². The first-order valence-electron chi connectivity index (χ1n) is 4.40. The highest BCUT2D eigenvalue weighted by Crippen LogP contribution is 2.35. The van der Waals surface area contributed by atoms with Gasteiger partial charge in [-0.3, -0.25) is 0 Å². The van der Waals surface area contributed by atoms with E-state index in [1.165, 1.54) is 6.07 Å². The minimum absolute atomic E-state index is 0.0733. The number of aromatic nitrogens is 1. The van der Waals surface area contributed by atoms with E-state index in [0.29, 0.717) is 12.2 Å². The maximum Gasteiger partial charge on any atom is 0.433 e. The first kappa shape index (κ1) is 10.2. The van der Waals surface area contributed by atoms with E-state index in [1.807, 2.05) is 0 Å². The van der Waals surface area contributed by atoms with Crippen molar-refractivity contribution in [3.05, 3.63) is 23.4 Å². The molecule has 0 saturated carbocycles. The van der Waals surface area contributed by atoms with Crippen molar-refractivity contribution in [3.8, 4) is 5.88 Å². The van der Waals surface area contributed by atoms with E-state index in [2.05, 4.69) is 10.3 Å². The van der Waals surface area contributed by atoms with E-state index in [9.17, 15) is 13.2 Å². The van der Waals surface area contributed by atoms with Crippen LogP contribution in [0.3, 0.4) is 0 Å². The Bertz CT molecular complexity index is 378. The van der Waals surface area contributed by atoms with Gasteiger partial charge >= 0.3 is 6.18 Å². The molecule has 1 N–H and O–H groups in total. The minimum Gasteiger partial charge on any atom is -0.475 e. The second-order valence-corrected chi connectivity index (χ2v) is 3.24. The normalized spacial score (nSPS) is 19.9. The quantitative estimate of drug-likeness (QED) is 0.779. The molecule has 0 unspecified atom stereocenters. The molecule has 2 rings (SSSR count). The van der Waals surface area contributed by atoms with Crippen LogP contribution in [0.15, 0.2) is 12.1 Å². The van der Waals surface area contributed by atoms with Gasteiger partial charge in [0.2, 0.25) is 5.88 Å². The van der Waals surface area contributed by atoms with Crippen LogP contribution in [-0.2, 0) is 6.18 Å². The van der Waals surface area contributed by atoms with Crippen LogP contribution in [0.4, 0.5) is 13.2 Å². The predicted molar refractivity (Wildman–Crippen MR) is 46.5 cm³/mol. The third-order valence-electron chi connectivity index (χ3n) is 2.29.